The molecule has 0 saturated heterocycles. The lowest BCUT2D eigenvalue weighted by molar-refractivity contribution is 0.0695. The Hall–Kier alpha value is -3.59. The predicted molar refractivity (Wildman–Crippen MR) is 120 cm³/mol. The van der Waals surface area contributed by atoms with E-state index in [0.717, 1.165) is 29.7 Å². The number of benzene rings is 4. The topological polar surface area (TPSA) is 46.5 Å². The van der Waals surface area contributed by atoms with Gasteiger partial charge in [-0.15, -0.1) is 0 Å². The molecule has 0 bridgehead atoms. The Morgan fingerprint density at radius 2 is 1.50 bits per heavy atom. The van der Waals surface area contributed by atoms with Gasteiger partial charge in [0.15, 0.2) is 0 Å². The van der Waals surface area contributed by atoms with Crippen LogP contribution in [0.25, 0.3) is 10.8 Å². The van der Waals surface area contributed by atoms with Crippen LogP contribution in [0, 0.1) is 0 Å². The van der Waals surface area contributed by atoms with Gasteiger partial charge in [-0.3, -0.25) is 0 Å². The molecular formula is C27H24O3. The van der Waals surface area contributed by atoms with Gasteiger partial charge in [-0.25, -0.2) is 4.79 Å². The maximum Gasteiger partial charge on any atom is 0.335 e. The highest BCUT2D eigenvalue weighted by Crippen LogP contribution is 2.30. The summed E-state index contributed by atoms with van der Waals surface area (Å²) in [5, 5.41) is 11.8. The fourth-order valence-corrected chi connectivity index (χ4v) is 3.85. The second-order valence-corrected chi connectivity index (χ2v) is 7.35. The van der Waals surface area contributed by atoms with Crippen LogP contribution in [-0.2, 0) is 19.4 Å². The molecule has 4 aromatic rings. The third-order valence-corrected chi connectivity index (χ3v) is 5.36. The van der Waals surface area contributed by atoms with Crippen molar-refractivity contribution < 1.29 is 14.6 Å². The first-order chi connectivity index (χ1) is 14.7. The fraction of sp³-hybridized carbons (Fsp3) is 0.148. The third-order valence-electron chi connectivity index (χ3n) is 5.36. The van der Waals surface area contributed by atoms with E-state index in [-0.39, 0.29) is 0 Å². The Morgan fingerprint density at radius 3 is 2.33 bits per heavy atom. The predicted octanol–water partition coefficient (Wildman–Crippen LogP) is 6.29. The van der Waals surface area contributed by atoms with Crippen molar-refractivity contribution in [3.05, 3.63) is 113 Å². The zero-order valence-corrected chi connectivity index (χ0v) is 16.8. The molecule has 4 rings (SSSR count). The van der Waals surface area contributed by atoms with Crippen molar-refractivity contribution >= 4 is 16.7 Å². The Bertz CT molecular complexity index is 1150. The number of rotatable bonds is 8. The second-order valence-electron chi connectivity index (χ2n) is 7.35. The van der Waals surface area contributed by atoms with Gasteiger partial charge in [0.1, 0.15) is 12.4 Å². The van der Waals surface area contributed by atoms with Gasteiger partial charge in [0.05, 0.1) is 5.56 Å². The molecule has 4 aromatic carbocycles. The molecule has 0 atom stereocenters. The van der Waals surface area contributed by atoms with Crippen molar-refractivity contribution in [2.45, 2.75) is 25.9 Å². The first kappa shape index (κ1) is 19.7. The summed E-state index contributed by atoms with van der Waals surface area (Å²) < 4.78 is 6.20. The fourth-order valence-electron chi connectivity index (χ4n) is 3.85. The van der Waals surface area contributed by atoms with Crippen LogP contribution < -0.4 is 4.74 Å². The Balaban J connectivity index is 1.56. The maximum absolute atomic E-state index is 11.5. The van der Waals surface area contributed by atoms with Crippen LogP contribution in [0.2, 0.25) is 0 Å². The molecule has 1 N–H and O–H groups in total. The number of fused-ring (bicyclic) bond motifs is 1. The van der Waals surface area contributed by atoms with Gasteiger partial charge < -0.3 is 9.84 Å². The molecule has 0 aliphatic heterocycles. The van der Waals surface area contributed by atoms with Gasteiger partial charge >= 0.3 is 5.97 Å². The summed E-state index contributed by atoms with van der Waals surface area (Å²) >= 11 is 0. The SMILES string of the molecule is O=C(O)c1ccccc1CCCc1c(OCc2ccccc2)ccc2ccccc12. The lowest BCUT2D eigenvalue weighted by Gasteiger charge is -2.15. The van der Waals surface area contributed by atoms with Crippen molar-refractivity contribution in [1.82, 2.24) is 0 Å². The zero-order valence-electron chi connectivity index (χ0n) is 16.8. The average molecular weight is 396 g/mol. The number of carbonyl (C=O) groups is 1. The van der Waals surface area contributed by atoms with Gasteiger partial charge in [-0.1, -0.05) is 78.9 Å². The molecule has 0 heterocycles. The summed E-state index contributed by atoms with van der Waals surface area (Å²) in [7, 11) is 0. The van der Waals surface area contributed by atoms with Gasteiger partial charge in [0.2, 0.25) is 0 Å². The van der Waals surface area contributed by atoms with E-state index in [4.69, 9.17) is 4.74 Å². The first-order valence-corrected chi connectivity index (χ1v) is 10.2. The monoisotopic (exact) mass is 396 g/mol. The molecule has 0 radical (unpaired) electrons. The molecule has 150 valence electrons. The summed E-state index contributed by atoms with van der Waals surface area (Å²) in [6.45, 7) is 0.522. The standard InChI is InChI=1S/C27H24O3/c28-27(29)24-15-7-5-11-21(24)13-8-16-25-23-14-6-4-12-22(23)17-18-26(25)30-19-20-9-2-1-3-10-20/h1-7,9-12,14-15,17-18H,8,13,16,19H2,(H,28,29). The molecule has 30 heavy (non-hydrogen) atoms. The van der Waals surface area contributed by atoms with Crippen LogP contribution in [0.1, 0.15) is 33.5 Å². The number of carboxylic acid groups (broad SMARTS) is 1. The van der Waals surface area contributed by atoms with Crippen LogP contribution in [-0.4, -0.2) is 11.1 Å². The number of carboxylic acids is 1. The minimum atomic E-state index is -0.873. The van der Waals surface area contributed by atoms with Gasteiger partial charge in [0.25, 0.3) is 0 Å². The molecule has 3 heteroatoms. The van der Waals surface area contributed by atoms with Crippen molar-refractivity contribution in [2.24, 2.45) is 0 Å². The van der Waals surface area contributed by atoms with Gasteiger partial charge in [-0.05, 0) is 53.3 Å². The zero-order chi connectivity index (χ0) is 20.8. The first-order valence-electron chi connectivity index (χ1n) is 10.2. The molecule has 0 aromatic heterocycles. The third kappa shape index (κ3) is 4.52. The van der Waals surface area contributed by atoms with E-state index in [1.54, 1.807) is 12.1 Å². The number of aromatic carboxylic acids is 1. The largest absolute Gasteiger partial charge is 0.489 e. The van der Waals surface area contributed by atoms with E-state index in [9.17, 15) is 9.90 Å². The highest BCUT2D eigenvalue weighted by molar-refractivity contribution is 5.89. The minimum Gasteiger partial charge on any atom is -0.489 e. The molecule has 0 aliphatic carbocycles. The quantitative estimate of drug-likeness (QED) is 0.381. The lowest BCUT2D eigenvalue weighted by atomic mass is 9.96. The summed E-state index contributed by atoms with van der Waals surface area (Å²) in [6.07, 6.45) is 2.38. The maximum atomic E-state index is 11.5. The molecule has 0 unspecified atom stereocenters. The number of aryl methyl sites for hydroxylation is 2. The highest BCUT2D eigenvalue weighted by atomic mass is 16.5. The van der Waals surface area contributed by atoms with Crippen LogP contribution in [0.15, 0.2) is 91.0 Å². The highest BCUT2D eigenvalue weighted by Gasteiger charge is 2.12. The van der Waals surface area contributed by atoms with E-state index in [1.807, 2.05) is 48.5 Å². The van der Waals surface area contributed by atoms with Crippen LogP contribution in [0.4, 0.5) is 0 Å². The molecular weight excluding hydrogens is 372 g/mol. The van der Waals surface area contributed by atoms with E-state index in [2.05, 4.69) is 30.3 Å². The van der Waals surface area contributed by atoms with Crippen molar-refractivity contribution in [3.63, 3.8) is 0 Å². The second kappa shape index (κ2) is 9.27. The lowest BCUT2D eigenvalue weighted by Crippen LogP contribution is -2.04. The van der Waals surface area contributed by atoms with Crippen LogP contribution in [0.3, 0.4) is 0 Å². The molecule has 3 nitrogen and oxygen atoms in total. The molecule has 0 aliphatic rings. The Kier molecular flexibility index (Phi) is 6.09. The van der Waals surface area contributed by atoms with Crippen LogP contribution >= 0.6 is 0 Å². The molecule has 0 fully saturated rings. The van der Waals surface area contributed by atoms with E-state index >= 15 is 0 Å². The Morgan fingerprint density at radius 1 is 0.767 bits per heavy atom. The molecule has 0 spiro atoms. The number of hydrogen-bond acceptors (Lipinski definition) is 2. The molecule has 0 saturated carbocycles. The van der Waals surface area contributed by atoms with Gasteiger partial charge in [-0.2, -0.15) is 0 Å². The smallest absolute Gasteiger partial charge is 0.335 e. The summed E-state index contributed by atoms with van der Waals surface area (Å²) in [5.41, 5.74) is 3.57. The van der Waals surface area contributed by atoms with Crippen LogP contribution in [0.5, 0.6) is 5.75 Å². The summed E-state index contributed by atoms with van der Waals surface area (Å²) in [4.78, 5) is 11.5. The van der Waals surface area contributed by atoms with E-state index < -0.39 is 5.97 Å². The van der Waals surface area contributed by atoms with E-state index in [1.165, 1.54) is 16.3 Å². The van der Waals surface area contributed by atoms with Crippen molar-refractivity contribution in [1.29, 1.82) is 0 Å². The average Bonchev–Trinajstić information content (AvgIpc) is 2.79. The van der Waals surface area contributed by atoms with Crippen molar-refractivity contribution in [3.8, 4) is 5.75 Å². The number of hydrogen-bond donors (Lipinski definition) is 1. The Labute approximate surface area is 176 Å². The normalized spacial score (nSPS) is 10.8. The van der Waals surface area contributed by atoms with Crippen molar-refractivity contribution in [2.75, 3.05) is 0 Å². The minimum absolute atomic E-state index is 0.385. The summed E-state index contributed by atoms with van der Waals surface area (Å²) in [5.74, 6) is 0.0201. The van der Waals surface area contributed by atoms with Gasteiger partial charge in [0, 0.05) is 5.56 Å². The van der Waals surface area contributed by atoms with E-state index in [0.29, 0.717) is 18.6 Å². The number of ether oxygens (including phenoxy) is 1. The summed E-state index contributed by atoms with van der Waals surface area (Å²) in [6, 6.07) is 29.9. The molecule has 0 amide bonds.